The first-order valence-corrected chi connectivity index (χ1v) is 10.6. The summed E-state index contributed by atoms with van der Waals surface area (Å²) in [4.78, 5) is 10.6. The van der Waals surface area contributed by atoms with Gasteiger partial charge in [0.1, 0.15) is 0 Å². The summed E-state index contributed by atoms with van der Waals surface area (Å²) in [5, 5.41) is 7.61. The van der Waals surface area contributed by atoms with Crippen molar-refractivity contribution in [2.24, 2.45) is 18.0 Å². The molecule has 1 saturated heterocycles. The minimum Gasteiger partial charge on any atom is -0.357 e. The lowest BCUT2D eigenvalue weighted by molar-refractivity contribution is -0.146. The van der Waals surface area contributed by atoms with Gasteiger partial charge in [-0.05, 0) is 39.9 Å². The summed E-state index contributed by atoms with van der Waals surface area (Å²) < 4.78 is 40.1. The number of aromatic nitrogens is 2. The number of aliphatic imine (C=N–C) groups is 1. The predicted molar refractivity (Wildman–Crippen MR) is 113 cm³/mol. The molecule has 172 valence electrons. The van der Waals surface area contributed by atoms with Gasteiger partial charge in [-0.25, -0.2) is 0 Å². The van der Waals surface area contributed by atoms with Crippen molar-refractivity contribution in [2.45, 2.75) is 32.5 Å². The van der Waals surface area contributed by atoms with Crippen LogP contribution in [0.1, 0.15) is 31.9 Å². The van der Waals surface area contributed by atoms with Gasteiger partial charge in [0, 0.05) is 45.0 Å². The Balaban J connectivity index is 2.01. The average molecular weight is 432 g/mol. The maximum absolute atomic E-state index is 12.8. The van der Waals surface area contributed by atoms with Crippen molar-refractivity contribution in [1.29, 1.82) is 0 Å². The molecule has 1 aliphatic heterocycles. The van der Waals surface area contributed by atoms with Crippen LogP contribution in [0.2, 0.25) is 0 Å². The van der Waals surface area contributed by atoms with Gasteiger partial charge in [0.05, 0.1) is 25.3 Å². The molecule has 0 bridgehead atoms. The number of nitrogens with one attached hydrogen (secondary N) is 1. The van der Waals surface area contributed by atoms with E-state index in [2.05, 4.69) is 20.2 Å². The molecule has 0 aromatic carbocycles. The highest BCUT2D eigenvalue weighted by Gasteiger charge is 2.33. The van der Waals surface area contributed by atoms with Crippen LogP contribution in [0, 0.1) is 5.92 Å². The second kappa shape index (κ2) is 11.0. The highest BCUT2D eigenvalue weighted by Crippen LogP contribution is 2.22. The van der Waals surface area contributed by atoms with E-state index in [0.29, 0.717) is 19.6 Å². The fraction of sp³-hybridized carbons (Fsp3) is 0.800. The number of likely N-dealkylation sites (tertiary alicyclic amines) is 1. The number of likely N-dealkylation sites (N-methyl/N-ethyl adjacent to an activating group) is 1. The summed E-state index contributed by atoms with van der Waals surface area (Å²) in [6, 6.07) is 0.105. The van der Waals surface area contributed by atoms with E-state index >= 15 is 0 Å². The highest BCUT2D eigenvalue weighted by molar-refractivity contribution is 5.80. The Morgan fingerprint density at radius 2 is 2.10 bits per heavy atom. The molecule has 0 radical (unpaired) electrons. The van der Waals surface area contributed by atoms with Crippen LogP contribution in [0.3, 0.4) is 0 Å². The van der Waals surface area contributed by atoms with Gasteiger partial charge in [0.2, 0.25) is 0 Å². The van der Waals surface area contributed by atoms with Crippen LogP contribution in [-0.2, 0) is 7.05 Å². The summed E-state index contributed by atoms with van der Waals surface area (Å²) in [5.41, 5.74) is 1.10. The van der Waals surface area contributed by atoms with Crippen LogP contribution in [0.5, 0.6) is 0 Å². The van der Waals surface area contributed by atoms with Gasteiger partial charge in [-0.2, -0.15) is 18.3 Å². The van der Waals surface area contributed by atoms with Crippen LogP contribution < -0.4 is 5.32 Å². The summed E-state index contributed by atoms with van der Waals surface area (Å²) in [6.07, 6.45) is 0.578. The molecular weight excluding hydrogens is 395 g/mol. The molecule has 0 aliphatic carbocycles. The van der Waals surface area contributed by atoms with E-state index in [4.69, 9.17) is 4.99 Å². The third-order valence-corrected chi connectivity index (χ3v) is 5.43. The Morgan fingerprint density at radius 1 is 1.37 bits per heavy atom. The number of guanidine groups is 1. The third-order valence-electron chi connectivity index (χ3n) is 5.43. The Kier molecular flexibility index (Phi) is 8.96. The lowest BCUT2D eigenvalue weighted by Gasteiger charge is -2.27. The molecule has 0 saturated carbocycles. The summed E-state index contributed by atoms with van der Waals surface area (Å²) in [6.45, 7) is 6.68. The number of hydrogen-bond donors (Lipinski definition) is 1. The van der Waals surface area contributed by atoms with Crippen LogP contribution in [0.25, 0.3) is 0 Å². The number of aryl methyl sites for hydroxylation is 1. The molecule has 2 unspecified atom stereocenters. The maximum atomic E-state index is 12.8. The molecular formula is C20H36F3N7. The van der Waals surface area contributed by atoms with Gasteiger partial charge in [-0.1, -0.05) is 6.92 Å². The van der Waals surface area contributed by atoms with E-state index in [1.54, 1.807) is 11.6 Å². The van der Waals surface area contributed by atoms with Gasteiger partial charge in [0.15, 0.2) is 5.96 Å². The largest absolute Gasteiger partial charge is 0.401 e. The molecule has 1 N–H and O–H groups in total. The summed E-state index contributed by atoms with van der Waals surface area (Å²) in [7, 11) is 5.93. The van der Waals surface area contributed by atoms with E-state index in [1.807, 2.05) is 40.5 Å². The minimum absolute atomic E-state index is 0.105. The smallest absolute Gasteiger partial charge is 0.357 e. The molecule has 2 rings (SSSR count). The Hall–Kier alpha value is -1.81. The number of hydrogen-bond acceptors (Lipinski definition) is 4. The van der Waals surface area contributed by atoms with Crippen LogP contribution in [0.15, 0.2) is 17.4 Å². The van der Waals surface area contributed by atoms with Gasteiger partial charge in [0.25, 0.3) is 0 Å². The number of rotatable bonds is 9. The van der Waals surface area contributed by atoms with Crippen molar-refractivity contribution in [2.75, 3.05) is 59.9 Å². The van der Waals surface area contributed by atoms with Gasteiger partial charge in [-0.15, -0.1) is 0 Å². The first kappa shape index (κ1) is 24.5. The molecule has 7 nitrogen and oxygen atoms in total. The third kappa shape index (κ3) is 7.46. The second-order valence-electron chi connectivity index (χ2n) is 8.17. The molecule has 0 amide bonds. The molecule has 1 aromatic heterocycles. The van der Waals surface area contributed by atoms with E-state index in [1.165, 1.54) is 4.90 Å². The molecule has 1 fully saturated rings. The predicted octanol–water partition coefficient (Wildman–Crippen LogP) is 2.19. The first-order valence-electron chi connectivity index (χ1n) is 10.6. The van der Waals surface area contributed by atoms with Crippen LogP contribution in [-0.4, -0.2) is 96.5 Å². The van der Waals surface area contributed by atoms with Gasteiger partial charge >= 0.3 is 6.18 Å². The monoisotopic (exact) mass is 431 g/mol. The number of alkyl halides is 3. The SMILES string of the molecule is CCNC(=NCC(c1cnn(C)c1)N(C)C)N1CCC(CN(CC)CC(F)(F)F)C1. The van der Waals surface area contributed by atoms with Crippen LogP contribution in [0.4, 0.5) is 13.2 Å². The van der Waals surface area contributed by atoms with Gasteiger partial charge < -0.3 is 15.1 Å². The van der Waals surface area contributed by atoms with Gasteiger partial charge in [-0.3, -0.25) is 14.6 Å². The highest BCUT2D eigenvalue weighted by atomic mass is 19.4. The van der Waals surface area contributed by atoms with Crippen molar-refractivity contribution in [3.63, 3.8) is 0 Å². The Labute approximate surface area is 177 Å². The molecule has 30 heavy (non-hydrogen) atoms. The number of halogens is 3. The zero-order chi connectivity index (χ0) is 22.3. The second-order valence-corrected chi connectivity index (χ2v) is 8.17. The van der Waals surface area contributed by atoms with Crippen molar-refractivity contribution in [1.82, 2.24) is 29.8 Å². The summed E-state index contributed by atoms with van der Waals surface area (Å²) >= 11 is 0. The van der Waals surface area contributed by atoms with E-state index in [0.717, 1.165) is 37.6 Å². The topological polar surface area (TPSA) is 51.9 Å². The zero-order valence-electron chi connectivity index (χ0n) is 18.8. The summed E-state index contributed by atoms with van der Waals surface area (Å²) in [5.74, 6) is 1.04. The maximum Gasteiger partial charge on any atom is 0.401 e. The van der Waals surface area contributed by atoms with Crippen molar-refractivity contribution < 1.29 is 13.2 Å². The zero-order valence-corrected chi connectivity index (χ0v) is 18.8. The lowest BCUT2D eigenvalue weighted by atomic mass is 10.1. The van der Waals surface area contributed by atoms with E-state index in [9.17, 15) is 13.2 Å². The first-order chi connectivity index (χ1) is 14.1. The van der Waals surface area contributed by atoms with Crippen molar-refractivity contribution in [3.8, 4) is 0 Å². The fourth-order valence-corrected chi connectivity index (χ4v) is 3.88. The normalized spacial score (nSPS) is 19.2. The average Bonchev–Trinajstić information content (AvgIpc) is 3.28. The number of nitrogens with zero attached hydrogens (tertiary/aromatic N) is 6. The van der Waals surface area contributed by atoms with Crippen molar-refractivity contribution >= 4 is 5.96 Å². The Bertz CT molecular complexity index is 672. The molecule has 10 heteroatoms. The van der Waals surface area contributed by atoms with Crippen molar-refractivity contribution in [3.05, 3.63) is 18.0 Å². The fourth-order valence-electron chi connectivity index (χ4n) is 3.88. The minimum atomic E-state index is -4.15. The van der Waals surface area contributed by atoms with E-state index < -0.39 is 12.7 Å². The molecule has 1 aliphatic rings. The molecule has 0 spiro atoms. The molecule has 1 aromatic rings. The molecule has 2 atom stereocenters. The molecule has 2 heterocycles. The van der Waals surface area contributed by atoms with Crippen LogP contribution >= 0.6 is 0 Å². The lowest BCUT2D eigenvalue weighted by Crippen LogP contribution is -2.42. The van der Waals surface area contributed by atoms with E-state index in [-0.39, 0.29) is 12.0 Å². The quantitative estimate of drug-likeness (QED) is 0.480. The Morgan fingerprint density at radius 3 is 2.63 bits per heavy atom. The standard InChI is InChI=1S/C20H36F3N7/c1-6-24-19(25-11-18(27(3)4)17-10-26-28(5)14-17)30-9-8-16(13-30)12-29(7-2)15-20(21,22)23/h10,14,16,18H,6-9,11-13,15H2,1-5H3,(H,24,25).